The summed E-state index contributed by atoms with van der Waals surface area (Å²) in [5.41, 5.74) is 1.51. The van der Waals surface area contributed by atoms with Gasteiger partial charge >= 0.3 is 0 Å². The molecule has 0 aliphatic heterocycles. The standard InChI is InChI=1S/C15H24N2O2/c1-11(2)17-14-7-5-4-6-13(14)15(19)16-10-12(3)8-9-18/h4-7,11-12,17-18H,8-10H2,1-3H3,(H,16,19). The highest BCUT2D eigenvalue weighted by atomic mass is 16.3. The summed E-state index contributed by atoms with van der Waals surface area (Å²) >= 11 is 0. The Balaban J connectivity index is 2.66. The number of aliphatic hydroxyl groups is 1. The zero-order valence-electron chi connectivity index (χ0n) is 11.9. The van der Waals surface area contributed by atoms with E-state index in [-0.39, 0.29) is 24.5 Å². The average molecular weight is 264 g/mol. The molecule has 1 unspecified atom stereocenters. The molecule has 106 valence electrons. The minimum atomic E-state index is -0.0754. The molecule has 0 aliphatic carbocycles. The van der Waals surface area contributed by atoms with Gasteiger partial charge in [-0.15, -0.1) is 0 Å². The average Bonchev–Trinajstić information content (AvgIpc) is 2.36. The number of amides is 1. The van der Waals surface area contributed by atoms with Crippen molar-refractivity contribution in [1.82, 2.24) is 5.32 Å². The fourth-order valence-corrected chi connectivity index (χ4v) is 1.80. The predicted molar refractivity (Wildman–Crippen MR) is 78.4 cm³/mol. The third kappa shape index (κ3) is 5.30. The van der Waals surface area contributed by atoms with Crippen LogP contribution in [-0.2, 0) is 0 Å². The summed E-state index contributed by atoms with van der Waals surface area (Å²) in [6.45, 7) is 6.82. The molecule has 0 saturated heterocycles. The van der Waals surface area contributed by atoms with Crippen molar-refractivity contribution in [3.63, 3.8) is 0 Å². The van der Waals surface area contributed by atoms with Crippen LogP contribution in [0.4, 0.5) is 5.69 Å². The van der Waals surface area contributed by atoms with E-state index in [1.54, 1.807) is 0 Å². The first-order valence-corrected chi connectivity index (χ1v) is 6.79. The molecule has 0 spiro atoms. The molecule has 19 heavy (non-hydrogen) atoms. The molecule has 0 bridgehead atoms. The molecular formula is C15H24N2O2. The first kappa shape index (κ1) is 15.5. The molecule has 3 N–H and O–H groups in total. The molecule has 0 fully saturated rings. The van der Waals surface area contributed by atoms with E-state index in [1.165, 1.54) is 0 Å². The maximum absolute atomic E-state index is 12.1. The maximum atomic E-state index is 12.1. The Kier molecular flexibility index (Phi) is 6.36. The molecule has 0 heterocycles. The van der Waals surface area contributed by atoms with Crippen LogP contribution < -0.4 is 10.6 Å². The summed E-state index contributed by atoms with van der Waals surface area (Å²) in [4.78, 5) is 12.1. The first-order valence-electron chi connectivity index (χ1n) is 6.79. The number of hydrogen-bond acceptors (Lipinski definition) is 3. The van der Waals surface area contributed by atoms with E-state index in [0.29, 0.717) is 18.5 Å². The highest BCUT2D eigenvalue weighted by Crippen LogP contribution is 2.16. The van der Waals surface area contributed by atoms with Gasteiger partial charge in [0, 0.05) is 24.9 Å². The van der Waals surface area contributed by atoms with Crippen LogP contribution in [0.1, 0.15) is 37.6 Å². The van der Waals surface area contributed by atoms with E-state index in [1.807, 2.05) is 45.0 Å². The summed E-state index contributed by atoms with van der Waals surface area (Å²) < 4.78 is 0. The summed E-state index contributed by atoms with van der Waals surface area (Å²) in [6, 6.07) is 7.78. The molecule has 1 aromatic carbocycles. The number of benzene rings is 1. The van der Waals surface area contributed by atoms with Crippen LogP contribution in [-0.4, -0.2) is 30.2 Å². The molecular weight excluding hydrogens is 240 g/mol. The van der Waals surface area contributed by atoms with Crippen LogP contribution in [0.2, 0.25) is 0 Å². The molecule has 4 nitrogen and oxygen atoms in total. The van der Waals surface area contributed by atoms with Gasteiger partial charge in [0.15, 0.2) is 0 Å². The van der Waals surface area contributed by atoms with Gasteiger partial charge in [0.25, 0.3) is 5.91 Å². The number of carbonyl (C=O) groups excluding carboxylic acids is 1. The lowest BCUT2D eigenvalue weighted by Crippen LogP contribution is -2.29. The van der Waals surface area contributed by atoms with Crippen molar-refractivity contribution in [3.05, 3.63) is 29.8 Å². The molecule has 1 amide bonds. The normalized spacial score (nSPS) is 12.3. The lowest BCUT2D eigenvalue weighted by Gasteiger charge is -2.16. The zero-order chi connectivity index (χ0) is 14.3. The van der Waals surface area contributed by atoms with Crippen molar-refractivity contribution in [2.75, 3.05) is 18.5 Å². The third-order valence-electron chi connectivity index (χ3n) is 2.85. The second kappa shape index (κ2) is 7.79. The lowest BCUT2D eigenvalue weighted by molar-refractivity contribution is 0.0946. The number of hydrogen-bond donors (Lipinski definition) is 3. The molecule has 0 radical (unpaired) electrons. The van der Waals surface area contributed by atoms with Gasteiger partial charge in [-0.05, 0) is 38.3 Å². The van der Waals surface area contributed by atoms with Crippen LogP contribution in [0.3, 0.4) is 0 Å². The van der Waals surface area contributed by atoms with Gasteiger partial charge in [-0.3, -0.25) is 4.79 Å². The van der Waals surface area contributed by atoms with E-state index < -0.39 is 0 Å². The third-order valence-corrected chi connectivity index (χ3v) is 2.85. The summed E-state index contributed by atoms with van der Waals surface area (Å²) in [5, 5.41) is 15.0. The Hall–Kier alpha value is -1.55. The smallest absolute Gasteiger partial charge is 0.253 e. The Bertz CT molecular complexity index is 405. The van der Waals surface area contributed by atoms with Crippen LogP contribution in [0.5, 0.6) is 0 Å². The van der Waals surface area contributed by atoms with Crippen LogP contribution in [0.15, 0.2) is 24.3 Å². The largest absolute Gasteiger partial charge is 0.396 e. The fourth-order valence-electron chi connectivity index (χ4n) is 1.80. The van der Waals surface area contributed by atoms with Gasteiger partial charge in [0.1, 0.15) is 0 Å². The van der Waals surface area contributed by atoms with Gasteiger partial charge < -0.3 is 15.7 Å². The van der Waals surface area contributed by atoms with Crippen LogP contribution in [0, 0.1) is 5.92 Å². The molecule has 0 saturated carbocycles. The van der Waals surface area contributed by atoms with E-state index in [4.69, 9.17) is 5.11 Å². The van der Waals surface area contributed by atoms with Crippen LogP contribution in [0.25, 0.3) is 0 Å². The molecule has 4 heteroatoms. The highest BCUT2D eigenvalue weighted by molar-refractivity contribution is 5.99. The van der Waals surface area contributed by atoms with Gasteiger partial charge in [0.2, 0.25) is 0 Å². The lowest BCUT2D eigenvalue weighted by atomic mass is 10.1. The number of nitrogens with one attached hydrogen (secondary N) is 2. The minimum absolute atomic E-state index is 0.0754. The van der Waals surface area contributed by atoms with E-state index >= 15 is 0 Å². The zero-order valence-corrected chi connectivity index (χ0v) is 11.9. The van der Waals surface area contributed by atoms with Gasteiger partial charge in [-0.2, -0.15) is 0 Å². The number of para-hydroxylation sites is 1. The quantitative estimate of drug-likeness (QED) is 0.708. The molecule has 0 aliphatic rings. The van der Waals surface area contributed by atoms with Crippen LogP contribution >= 0.6 is 0 Å². The molecule has 1 atom stereocenters. The minimum Gasteiger partial charge on any atom is -0.396 e. The molecule has 1 aromatic rings. The van der Waals surface area contributed by atoms with Crippen molar-refractivity contribution < 1.29 is 9.90 Å². The Morgan fingerprint density at radius 2 is 1.95 bits per heavy atom. The Morgan fingerprint density at radius 1 is 1.26 bits per heavy atom. The Morgan fingerprint density at radius 3 is 2.58 bits per heavy atom. The van der Waals surface area contributed by atoms with E-state index in [9.17, 15) is 4.79 Å². The van der Waals surface area contributed by atoms with Crippen molar-refractivity contribution in [1.29, 1.82) is 0 Å². The predicted octanol–water partition coefficient (Wildman–Crippen LogP) is 2.26. The second-order valence-electron chi connectivity index (χ2n) is 5.17. The van der Waals surface area contributed by atoms with Crippen molar-refractivity contribution in [2.45, 2.75) is 33.2 Å². The number of anilines is 1. The number of carbonyl (C=O) groups is 1. The van der Waals surface area contributed by atoms with Crippen molar-refractivity contribution in [2.24, 2.45) is 5.92 Å². The van der Waals surface area contributed by atoms with Crippen molar-refractivity contribution in [3.8, 4) is 0 Å². The Labute approximate surface area is 115 Å². The number of aliphatic hydroxyl groups excluding tert-OH is 1. The number of rotatable bonds is 7. The SMILES string of the molecule is CC(CCO)CNC(=O)c1ccccc1NC(C)C. The topological polar surface area (TPSA) is 61.4 Å². The summed E-state index contributed by atoms with van der Waals surface area (Å²) in [6.07, 6.45) is 0.701. The van der Waals surface area contributed by atoms with E-state index in [0.717, 1.165) is 5.69 Å². The first-order chi connectivity index (χ1) is 9.04. The molecule has 1 rings (SSSR count). The summed E-state index contributed by atoms with van der Waals surface area (Å²) in [5.74, 6) is 0.202. The fraction of sp³-hybridized carbons (Fsp3) is 0.533. The van der Waals surface area contributed by atoms with E-state index in [2.05, 4.69) is 10.6 Å². The van der Waals surface area contributed by atoms with Gasteiger partial charge in [0.05, 0.1) is 5.56 Å². The highest BCUT2D eigenvalue weighted by Gasteiger charge is 2.12. The van der Waals surface area contributed by atoms with Gasteiger partial charge in [-0.1, -0.05) is 19.1 Å². The molecule has 0 aromatic heterocycles. The van der Waals surface area contributed by atoms with Gasteiger partial charge in [-0.25, -0.2) is 0 Å². The maximum Gasteiger partial charge on any atom is 0.253 e. The second-order valence-corrected chi connectivity index (χ2v) is 5.17. The summed E-state index contributed by atoms with van der Waals surface area (Å²) in [7, 11) is 0. The monoisotopic (exact) mass is 264 g/mol. The van der Waals surface area contributed by atoms with Crippen molar-refractivity contribution >= 4 is 11.6 Å².